The molecular formula is C16H18N2O. The Kier molecular flexibility index (Phi) is 3.22. The summed E-state index contributed by atoms with van der Waals surface area (Å²) < 4.78 is 5.34. The number of nitrogens with zero attached hydrogens (tertiary/aromatic N) is 1. The van der Waals surface area contributed by atoms with Gasteiger partial charge in [-0.05, 0) is 36.0 Å². The van der Waals surface area contributed by atoms with Crippen LogP contribution in [0.2, 0.25) is 0 Å². The summed E-state index contributed by atoms with van der Waals surface area (Å²) in [7, 11) is 1.66. The predicted octanol–water partition coefficient (Wildman–Crippen LogP) is 2.89. The molecule has 0 amide bonds. The van der Waals surface area contributed by atoms with Crippen LogP contribution in [-0.4, -0.2) is 12.1 Å². The first-order valence-electron chi connectivity index (χ1n) is 6.60. The maximum Gasteiger partial charge on any atom is 0.141 e. The van der Waals surface area contributed by atoms with E-state index in [0.717, 1.165) is 17.9 Å². The van der Waals surface area contributed by atoms with Crippen molar-refractivity contribution < 1.29 is 4.74 Å². The molecule has 1 heterocycles. The van der Waals surface area contributed by atoms with Crippen LogP contribution < -0.4 is 10.5 Å². The number of ether oxygens (including phenoxy) is 1. The van der Waals surface area contributed by atoms with E-state index in [1.54, 1.807) is 13.3 Å². The molecular weight excluding hydrogens is 236 g/mol. The SMILES string of the molecule is COc1cccnc1C(N)C1CC1c1ccccc1. The van der Waals surface area contributed by atoms with Crippen molar-refractivity contribution in [3.05, 3.63) is 59.9 Å². The average Bonchev–Trinajstić information content (AvgIpc) is 3.28. The summed E-state index contributed by atoms with van der Waals surface area (Å²) in [6, 6.07) is 14.3. The van der Waals surface area contributed by atoms with Crippen molar-refractivity contribution in [2.75, 3.05) is 7.11 Å². The number of hydrogen-bond donors (Lipinski definition) is 1. The molecule has 1 aliphatic carbocycles. The van der Waals surface area contributed by atoms with Gasteiger partial charge in [0.1, 0.15) is 5.75 Å². The highest BCUT2D eigenvalue weighted by Gasteiger charge is 2.44. The maximum absolute atomic E-state index is 6.36. The quantitative estimate of drug-likeness (QED) is 0.912. The lowest BCUT2D eigenvalue weighted by atomic mass is 10.0. The highest BCUT2D eigenvalue weighted by molar-refractivity contribution is 5.34. The van der Waals surface area contributed by atoms with E-state index in [0.29, 0.717) is 11.8 Å². The van der Waals surface area contributed by atoms with Crippen LogP contribution in [0, 0.1) is 5.92 Å². The summed E-state index contributed by atoms with van der Waals surface area (Å²) in [5.41, 5.74) is 8.60. The van der Waals surface area contributed by atoms with Crippen LogP contribution in [0.1, 0.15) is 29.6 Å². The summed E-state index contributed by atoms with van der Waals surface area (Å²) >= 11 is 0. The molecule has 0 bridgehead atoms. The second-order valence-electron chi connectivity index (χ2n) is 5.03. The molecule has 1 aromatic carbocycles. The van der Waals surface area contributed by atoms with Gasteiger partial charge >= 0.3 is 0 Å². The van der Waals surface area contributed by atoms with Crippen LogP contribution in [0.5, 0.6) is 5.75 Å². The molecule has 3 nitrogen and oxygen atoms in total. The summed E-state index contributed by atoms with van der Waals surface area (Å²) in [6.07, 6.45) is 2.91. The Morgan fingerprint density at radius 2 is 2.00 bits per heavy atom. The minimum Gasteiger partial charge on any atom is -0.495 e. The molecule has 3 rings (SSSR count). The van der Waals surface area contributed by atoms with Crippen molar-refractivity contribution in [2.24, 2.45) is 11.7 Å². The topological polar surface area (TPSA) is 48.1 Å². The normalized spacial score (nSPS) is 22.8. The fourth-order valence-corrected chi connectivity index (χ4v) is 2.72. The zero-order chi connectivity index (χ0) is 13.2. The third kappa shape index (κ3) is 2.34. The fourth-order valence-electron chi connectivity index (χ4n) is 2.72. The molecule has 1 aliphatic rings. The highest BCUT2D eigenvalue weighted by atomic mass is 16.5. The molecule has 0 spiro atoms. The Bertz CT molecular complexity index is 556. The van der Waals surface area contributed by atoms with Crippen molar-refractivity contribution in [1.82, 2.24) is 4.98 Å². The minimum atomic E-state index is -0.0543. The molecule has 1 fully saturated rings. The van der Waals surface area contributed by atoms with Gasteiger partial charge in [0.25, 0.3) is 0 Å². The largest absolute Gasteiger partial charge is 0.495 e. The second kappa shape index (κ2) is 5.02. The Balaban J connectivity index is 1.78. The lowest BCUT2D eigenvalue weighted by Gasteiger charge is -2.14. The standard InChI is InChI=1S/C16H18N2O/c1-19-14-8-5-9-18-16(14)15(17)13-10-12(13)11-6-3-2-4-7-11/h2-9,12-13,15H,10,17H2,1H3. The fraction of sp³-hybridized carbons (Fsp3) is 0.312. The Labute approximate surface area is 113 Å². The van der Waals surface area contributed by atoms with E-state index in [9.17, 15) is 0 Å². The first-order valence-corrected chi connectivity index (χ1v) is 6.60. The molecule has 1 saturated carbocycles. The predicted molar refractivity (Wildman–Crippen MR) is 75.0 cm³/mol. The van der Waals surface area contributed by atoms with Crippen molar-refractivity contribution in [1.29, 1.82) is 0 Å². The maximum atomic E-state index is 6.36. The number of aromatic nitrogens is 1. The average molecular weight is 254 g/mol. The van der Waals surface area contributed by atoms with E-state index in [-0.39, 0.29) is 6.04 Å². The highest BCUT2D eigenvalue weighted by Crippen LogP contribution is 2.53. The van der Waals surface area contributed by atoms with Gasteiger partial charge in [-0.1, -0.05) is 30.3 Å². The molecule has 2 aromatic rings. The Hall–Kier alpha value is -1.87. The summed E-state index contributed by atoms with van der Waals surface area (Å²) in [6.45, 7) is 0. The van der Waals surface area contributed by atoms with E-state index >= 15 is 0 Å². The van der Waals surface area contributed by atoms with E-state index < -0.39 is 0 Å². The molecule has 3 atom stereocenters. The van der Waals surface area contributed by atoms with Crippen molar-refractivity contribution in [2.45, 2.75) is 18.4 Å². The molecule has 0 aliphatic heterocycles. The van der Waals surface area contributed by atoms with Crippen LogP contribution in [-0.2, 0) is 0 Å². The molecule has 98 valence electrons. The van der Waals surface area contributed by atoms with Gasteiger partial charge in [-0.25, -0.2) is 0 Å². The van der Waals surface area contributed by atoms with E-state index in [1.807, 2.05) is 18.2 Å². The number of benzene rings is 1. The van der Waals surface area contributed by atoms with Crippen LogP contribution in [0.25, 0.3) is 0 Å². The molecule has 3 unspecified atom stereocenters. The van der Waals surface area contributed by atoms with Gasteiger partial charge in [0.15, 0.2) is 0 Å². The zero-order valence-electron chi connectivity index (χ0n) is 11.0. The van der Waals surface area contributed by atoms with Crippen LogP contribution >= 0.6 is 0 Å². The first kappa shape index (κ1) is 12.2. The van der Waals surface area contributed by atoms with Crippen LogP contribution in [0.3, 0.4) is 0 Å². The van der Waals surface area contributed by atoms with Gasteiger partial charge in [-0.2, -0.15) is 0 Å². The first-order chi connectivity index (χ1) is 9.31. The number of hydrogen-bond acceptors (Lipinski definition) is 3. The summed E-state index contributed by atoms with van der Waals surface area (Å²) in [5.74, 6) is 1.81. The van der Waals surface area contributed by atoms with Gasteiger partial charge in [0.05, 0.1) is 18.8 Å². The van der Waals surface area contributed by atoms with Crippen molar-refractivity contribution >= 4 is 0 Å². The zero-order valence-corrected chi connectivity index (χ0v) is 11.0. The molecule has 0 radical (unpaired) electrons. The molecule has 2 N–H and O–H groups in total. The second-order valence-corrected chi connectivity index (χ2v) is 5.03. The van der Waals surface area contributed by atoms with Gasteiger partial charge in [0, 0.05) is 6.20 Å². The van der Waals surface area contributed by atoms with E-state index in [1.165, 1.54) is 5.56 Å². The number of nitrogens with two attached hydrogens (primary N) is 1. The lowest BCUT2D eigenvalue weighted by molar-refractivity contribution is 0.398. The third-order valence-electron chi connectivity index (χ3n) is 3.86. The lowest BCUT2D eigenvalue weighted by Crippen LogP contribution is -2.16. The summed E-state index contributed by atoms with van der Waals surface area (Å²) in [4.78, 5) is 4.39. The van der Waals surface area contributed by atoms with Gasteiger partial charge in [-0.3, -0.25) is 4.98 Å². The molecule has 1 aromatic heterocycles. The Morgan fingerprint density at radius 3 is 2.74 bits per heavy atom. The van der Waals surface area contributed by atoms with Gasteiger partial charge in [-0.15, -0.1) is 0 Å². The van der Waals surface area contributed by atoms with Crippen LogP contribution in [0.4, 0.5) is 0 Å². The molecule has 3 heteroatoms. The summed E-state index contributed by atoms with van der Waals surface area (Å²) in [5, 5.41) is 0. The monoisotopic (exact) mass is 254 g/mol. The minimum absolute atomic E-state index is 0.0543. The van der Waals surface area contributed by atoms with Gasteiger partial charge < -0.3 is 10.5 Å². The van der Waals surface area contributed by atoms with Crippen LogP contribution in [0.15, 0.2) is 48.7 Å². The van der Waals surface area contributed by atoms with Gasteiger partial charge in [0.2, 0.25) is 0 Å². The number of pyridine rings is 1. The molecule has 0 saturated heterocycles. The Morgan fingerprint density at radius 1 is 1.21 bits per heavy atom. The number of rotatable bonds is 4. The third-order valence-corrected chi connectivity index (χ3v) is 3.86. The van der Waals surface area contributed by atoms with E-state index in [4.69, 9.17) is 10.5 Å². The van der Waals surface area contributed by atoms with Crippen molar-refractivity contribution in [3.8, 4) is 5.75 Å². The number of methoxy groups -OCH3 is 1. The van der Waals surface area contributed by atoms with E-state index in [2.05, 4.69) is 29.2 Å². The molecule has 19 heavy (non-hydrogen) atoms. The van der Waals surface area contributed by atoms with Crippen molar-refractivity contribution in [3.63, 3.8) is 0 Å². The smallest absolute Gasteiger partial charge is 0.141 e.